The Hall–Kier alpha value is -2.62. The van der Waals surface area contributed by atoms with Gasteiger partial charge in [0.05, 0.1) is 11.3 Å². The van der Waals surface area contributed by atoms with Crippen LogP contribution >= 0.6 is 0 Å². The molecule has 2 aromatic rings. The number of nitrogens with zero attached hydrogens (tertiary/aromatic N) is 4. The molecular weight excluding hydrogens is 269 g/mol. The molecule has 4 nitrogen and oxygen atoms in total. The van der Waals surface area contributed by atoms with Crippen LogP contribution in [0.3, 0.4) is 0 Å². The van der Waals surface area contributed by atoms with E-state index in [0.717, 1.165) is 4.57 Å². The molecule has 0 saturated carbocycles. The summed E-state index contributed by atoms with van der Waals surface area (Å²) in [5.41, 5.74) is 0.539. The molecule has 0 aliphatic carbocycles. The quantitative estimate of drug-likeness (QED) is 0.811. The van der Waals surface area contributed by atoms with E-state index in [0.29, 0.717) is 5.69 Å². The van der Waals surface area contributed by atoms with E-state index < -0.39 is 12.7 Å². The van der Waals surface area contributed by atoms with E-state index in [1.807, 2.05) is 6.07 Å². The molecule has 0 fully saturated rings. The van der Waals surface area contributed by atoms with Crippen LogP contribution in [0.5, 0.6) is 0 Å². The van der Waals surface area contributed by atoms with Crippen LogP contribution in [0.15, 0.2) is 36.8 Å². The van der Waals surface area contributed by atoms with Gasteiger partial charge in [0.1, 0.15) is 18.4 Å². The molecule has 0 saturated heterocycles. The minimum atomic E-state index is -4.35. The number of alkyl halides is 3. The molecule has 0 amide bonds. The van der Waals surface area contributed by atoms with Crippen LogP contribution in [0.2, 0.25) is 0 Å². The van der Waals surface area contributed by atoms with Crippen molar-refractivity contribution in [3.8, 4) is 6.07 Å². The lowest BCUT2D eigenvalue weighted by Crippen LogP contribution is -2.18. The number of imidazole rings is 1. The van der Waals surface area contributed by atoms with Crippen molar-refractivity contribution in [2.75, 3.05) is 0 Å². The molecule has 102 valence electrons. The lowest BCUT2D eigenvalue weighted by atomic mass is 10.2. The van der Waals surface area contributed by atoms with Crippen molar-refractivity contribution in [2.45, 2.75) is 12.7 Å². The first-order valence-electron chi connectivity index (χ1n) is 5.61. The Labute approximate surface area is 112 Å². The van der Waals surface area contributed by atoms with Crippen molar-refractivity contribution in [1.29, 1.82) is 5.26 Å². The summed E-state index contributed by atoms with van der Waals surface area (Å²) >= 11 is 0. The molecule has 0 spiro atoms. The van der Waals surface area contributed by atoms with Gasteiger partial charge in [-0.15, -0.1) is 0 Å². The van der Waals surface area contributed by atoms with Crippen LogP contribution in [0.4, 0.5) is 13.2 Å². The zero-order valence-corrected chi connectivity index (χ0v) is 10.2. The molecule has 7 heteroatoms. The van der Waals surface area contributed by atoms with E-state index in [2.05, 4.69) is 9.97 Å². The van der Waals surface area contributed by atoms with Gasteiger partial charge in [-0.05, 0) is 12.1 Å². The smallest absolute Gasteiger partial charge is 0.322 e. The first-order valence-corrected chi connectivity index (χ1v) is 5.61. The molecule has 0 bridgehead atoms. The van der Waals surface area contributed by atoms with Crippen LogP contribution in [-0.4, -0.2) is 20.7 Å². The summed E-state index contributed by atoms with van der Waals surface area (Å²) in [5.74, 6) is 0.0597. The van der Waals surface area contributed by atoms with Crippen molar-refractivity contribution in [3.05, 3.63) is 48.3 Å². The molecule has 0 aliphatic rings. The molecule has 2 rings (SSSR count). The van der Waals surface area contributed by atoms with E-state index in [-0.39, 0.29) is 11.4 Å². The minimum Gasteiger partial charge on any atom is -0.322 e. The maximum absolute atomic E-state index is 12.4. The summed E-state index contributed by atoms with van der Waals surface area (Å²) in [4.78, 5) is 7.81. The van der Waals surface area contributed by atoms with Crippen molar-refractivity contribution < 1.29 is 13.2 Å². The summed E-state index contributed by atoms with van der Waals surface area (Å²) in [6.07, 6.45) is 0.912. The van der Waals surface area contributed by atoms with E-state index in [1.54, 1.807) is 18.2 Å². The molecule has 0 N–H and O–H groups in total. The fourth-order valence-electron chi connectivity index (χ4n) is 1.60. The third-order valence-electron chi connectivity index (χ3n) is 2.43. The first-order chi connectivity index (χ1) is 9.49. The van der Waals surface area contributed by atoms with Crippen LogP contribution in [-0.2, 0) is 6.54 Å². The Bertz CT molecular complexity index is 650. The summed E-state index contributed by atoms with van der Waals surface area (Å²) in [7, 11) is 0. The average molecular weight is 278 g/mol. The third kappa shape index (κ3) is 3.45. The number of rotatable bonds is 3. The first kappa shape index (κ1) is 13.8. The second-order valence-corrected chi connectivity index (χ2v) is 3.91. The zero-order chi connectivity index (χ0) is 14.6. The van der Waals surface area contributed by atoms with Gasteiger partial charge in [0.15, 0.2) is 0 Å². The van der Waals surface area contributed by atoms with Gasteiger partial charge in [-0.1, -0.05) is 6.07 Å². The van der Waals surface area contributed by atoms with Crippen LogP contribution in [0, 0.1) is 11.3 Å². The number of halogens is 3. The second kappa shape index (κ2) is 5.57. The summed E-state index contributed by atoms with van der Waals surface area (Å²) < 4.78 is 38.1. The van der Waals surface area contributed by atoms with Gasteiger partial charge < -0.3 is 4.57 Å². The molecule has 0 aromatic carbocycles. The minimum absolute atomic E-state index is 0.0597. The Kier molecular flexibility index (Phi) is 3.84. The summed E-state index contributed by atoms with van der Waals surface area (Å²) in [6, 6.07) is 6.89. The second-order valence-electron chi connectivity index (χ2n) is 3.91. The highest BCUT2D eigenvalue weighted by atomic mass is 19.4. The summed E-state index contributed by atoms with van der Waals surface area (Å²) in [5, 5.41) is 9.08. The van der Waals surface area contributed by atoms with E-state index in [4.69, 9.17) is 5.26 Å². The maximum Gasteiger partial charge on any atom is 0.406 e. The van der Waals surface area contributed by atoms with Gasteiger partial charge in [-0.3, -0.25) is 4.98 Å². The Balaban J connectivity index is 2.35. The van der Waals surface area contributed by atoms with Gasteiger partial charge in [0, 0.05) is 24.7 Å². The molecular formula is C13H9F3N4. The van der Waals surface area contributed by atoms with Crippen LogP contribution < -0.4 is 0 Å². The highest BCUT2D eigenvalue weighted by molar-refractivity contribution is 5.86. The standard InChI is InChI=1S/C13H9F3N4/c14-13(15,16)9-20-6-5-19-12(20)7-10(8-17)11-3-1-2-4-18-11/h1-7H,9H2/b10-7-. The normalized spacial score (nSPS) is 12.2. The van der Waals surface area contributed by atoms with Crippen molar-refractivity contribution in [3.63, 3.8) is 0 Å². The molecule has 0 unspecified atom stereocenters. The Morgan fingerprint density at radius 3 is 2.70 bits per heavy atom. The zero-order valence-electron chi connectivity index (χ0n) is 10.2. The van der Waals surface area contributed by atoms with E-state index >= 15 is 0 Å². The average Bonchev–Trinajstić information content (AvgIpc) is 2.82. The number of hydrogen-bond donors (Lipinski definition) is 0. The lowest BCUT2D eigenvalue weighted by molar-refractivity contribution is -0.140. The number of nitriles is 1. The molecule has 2 heterocycles. The van der Waals surface area contributed by atoms with Crippen molar-refractivity contribution >= 4 is 11.6 Å². The van der Waals surface area contributed by atoms with Crippen LogP contribution in [0.1, 0.15) is 11.5 Å². The Morgan fingerprint density at radius 1 is 1.30 bits per heavy atom. The third-order valence-corrected chi connectivity index (χ3v) is 2.43. The molecule has 0 radical (unpaired) electrons. The van der Waals surface area contributed by atoms with Crippen molar-refractivity contribution in [1.82, 2.24) is 14.5 Å². The van der Waals surface area contributed by atoms with Crippen molar-refractivity contribution in [2.24, 2.45) is 0 Å². The molecule has 2 aromatic heterocycles. The van der Waals surface area contributed by atoms with E-state index in [1.165, 1.54) is 24.7 Å². The molecule has 20 heavy (non-hydrogen) atoms. The maximum atomic E-state index is 12.4. The highest BCUT2D eigenvalue weighted by Crippen LogP contribution is 2.20. The highest BCUT2D eigenvalue weighted by Gasteiger charge is 2.28. The number of hydrogen-bond acceptors (Lipinski definition) is 3. The summed E-state index contributed by atoms with van der Waals surface area (Å²) in [6.45, 7) is -1.15. The van der Waals surface area contributed by atoms with Crippen LogP contribution in [0.25, 0.3) is 11.6 Å². The predicted molar refractivity (Wildman–Crippen MR) is 66.0 cm³/mol. The van der Waals surface area contributed by atoms with Gasteiger partial charge in [-0.2, -0.15) is 18.4 Å². The fourth-order valence-corrected chi connectivity index (χ4v) is 1.60. The number of allylic oxidation sites excluding steroid dienone is 1. The lowest BCUT2D eigenvalue weighted by Gasteiger charge is -2.08. The molecule has 0 atom stereocenters. The molecule has 0 aliphatic heterocycles. The van der Waals surface area contributed by atoms with Gasteiger partial charge in [0.25, 0.3) is 0 Å². The monoisotopic (exact) mass is 278 g/mol. The Morgan fingerprint density at radius 2 is 2.10 bits per heavy atom. The SMILES string of the molecule is N#C/C(=C/c1nccn1CC(F)(F)F)c1ccccn1. The van der Waals surface area contributed by atoms with Gasteiger partial charge in [-0.25, -0.2) is 4.98 Å². The number of aromatic nitrogens is 3. The van der Waals surface area contributed by atoms with Gasteiger partial charge in [0.2, 0.25) is 0 Å². The predicted octanol–water partition coefficient (Wildman–Crippen LogP) is 2.90. The topological polar surface area (TPSA) is 54.5 Å². The largest absolute Gasteiger partial charge is 0.406 e. The fraction of sp³-hybridized carbons (Fsp3) is 0.154. The number of pyridine rings is 1. The van der Waals surface area contributed by atoms with E-state index in [9.17, 15) is 13.2 Å². The van der Waals surface area contributed by atoms with Gasteiger partial charge >= 0.3 is 6.18 Å².